The summed E-state index contributed by atoms with van der Waals surface area (Å²) in [6.45, 7) is -0.277. The number of benzene rings is 1. The summed E-state index contributed by atoms with van der Waals surface area (Å²) in [4.78, 5) is 11.1. The molecule has 0 aliphatic rings. The zero-order valence-corrected chi connectivity index (χ0v) is 10.2. The Morgan fingerprint density at radius 3 is 2.42 bits per heavy atom. The SMILES string of the molecule is C[C@H](O)c1ccc(OCC(=O)NCC(F)(F)F)cc1. The number of carbonyl (C=O) groups excluding carboxylic acids is 1. The molecule has 7 heteroatoms. The molecule has 0 unspecified atom stereocenters. The van der Waals surface area contributed by atoms with Gasteiger partial charge in [0.15, 0.2) is 6.61 Å². The molecule has 4 nitrogen and oxygen atoms in total. The van der Waals surface area contributed by atoms with Gasteiger partial charge in [-0.1, -0.05) is 12.1 Å². The van der Waals surface area contributed by atoms with Crippen molar-refractivity contribution in [3.63, 3.8) is 0 Å². The number of ether oxygens (including phenoxy) is 1. The van der Waals surface area contributed by atoms with Crippen LogP contribution in [-0.4, -0.2) is 30.3 Å². The van der Waals surface area contributed by atoms with Crippen molar-refractivity contribution >= 4 is 5.91 Å². The Morgan fingerprint density at radius 2 is 1.95 bits per heavy atom. The molecular formula is C12H14F3NO3. The third kappa shape index (κ3) is 6.10. The Bertz CT molecular complexity index is 415. The Morgan fingerprint density at radius 1 is 1.37 bits per heavy atom. The summed E-state index contributed by atoms with van der Waals surface area (Å²) in [6.07, 6.45) is -5.06. The van der Waals surface area contributed by atoms with Gasteiger partial charge in [-0.05, 0) is 24.6 Å². The molecular weight excluding hydrogens is 263 g/mol. The normalized spacial score (nSPS) is 12.9. The summed E-state index contributed by atoms with van der Waals surface area (Å²) in [7, 11) is 0. The maximum atomic E-state index is 11.8. The van der Waals surface area contributed by atoms with Crippen molar-refractivity contribution in [2.24, 2.45) is 0 Å². The predicted molar refractivity (Wildman–Crippen MR) is 61.6 cm³/mol. The van der Waals surface area contributed by atoms with Gasteiger partial charge in [-0.3, -0.25) is 4.79 Å². The molecule has 1 amide bonds. The van der Waals surface area contributed by atoms with Gasteiger partial charge in [0.2, 0.25) is 0 Å². The number of halogens is 3. The van der Waals surface area contributed by atoms with E-state index in [2.05, 4.69) is 0 Å². The Kier molecular flexibility index (Phi) is 5.17. The molecule has 1 rings (SSSR count). The first-order valence-electron chi connectivity index (χ1n) is 5.52. The maximum Gasteiger partial charge on any atom is 0.405 e. The van der Waals surface area contributed by atoms with E-state index in [1.54, 1.807) is 24.4 Å². The van der Waals surface area contributed by atoms with Crippen LogP contribution in [0.2, 0.25) is 0 Å². The molecule has 0 saturated heterocycles. The van der Waals surface area contributed by atoms with Gasteiger partial charge in [0.25, 0.3) is 5.91 Å². The molecule has 2 N–H and O–H groups in total. The number of aliphatic hydroxyl groups excluding tert-OH is 1. The van der Waals surface area contributed by atoms with Crippen LogP contribution in [0.5, 0.6) is 5.75 Å². The van der Waals surface area contributed by atoms with E-state index in [9.17, 15) is 23.1 Å². The molecule has 0 radical (unpaired) electrons. The molecule has 0 aliphatic carbocycles. The zero-order valence-electron chi connectivity index (χ0n) is 10.2. The van der Waals surface area contributed by atoms with Crippen molar-refractivity contribution in [3.05, 3.63) is 29.8 Å². The van der Waals surface area contributed by atoms with Gasteiger partial charge in [-0.25, -0.2) is 0 Å². The summed E-state index contributed by atoms with van der Waals surface area (Å²) in [5.41, 5.74) is 0.675. The molecule has 0 saturated carbocycles. The standard InChI is InChI=1S/C12H14F3NO3/c1-8(17)9-2-4-10(5-3-9)19-6-11(18)16-7-12(13,14)15/h2-5,8,17H,6-7H2,1H3,(H,16,18)/t8-/m0/s1. The highest BCUT2D eigenvalue weighted by Crippen LogP contribution is 2.17. The molecule has 0 heterocycles. The molecule has 0 spiro atoms. The quantitative estimate of drug-likeness (QED) is 0.862. The summed E-state index contributed by atoms with van der Waals surface area (Å²) in [5.74, 6) is -0.511. The van der Waals surface area contributed by atoms with Crippen molar-refractivity contribution in [2.75, 3.05) is 13.2 Å². The van der Waals surface area contributed by atoms with E-state index in [1.165, 1.54) is 12.1 Å². The van der Waals surface area contributed by atoms with Gasteiger partial charge < -0.3 is 15.2 Å². The summed E-state index contributed by atoms with van der Waals surface area (Å²) in [5, 5.41) is 11.0. The van der Waals surface area contributed by atoms with E-state index in [4.69, 9.17) is 4.74 Å². The number of hydrogen-bond donors (Lipinski definition) is 2. The van der Waals surface area contributed by atoms with Crippen LogP contribution in [0.25, 0.3) is 0 Å². The second-order valence-corrected chi connectivity index (χ2v) is 3.93. The van der Waals surface area contributed by atoms with Gasteiger partial charge in [0.1, 0.15) is 12.3 Å². The van der Waals surface area contributed by atoms with Gasteiger partial charge >= 0.3 is 6.18 Å². The van der Waals surface area contributed by atoms with Crippen LogP contribution in [0, 0.1) is 0 Å². The fourth-order valence-electron chi connectivity index (χ4n) is 1.24. The molecule has 0 fully saturated rings. The van der Waals surface area contributed by atoms with Crippen molar-refractivity contribution in [2.45, 2.75) is 19.2 Å². The molecule has 1 atom stereocenters. The predicted octanol–water partition coefficient (Wildman–Crippen LogP) is 1.80. The Labute approximate surface area is 108 Å². The fraction of sp³-hybridized carbons (Fsp3) is 0.417. The van der Waals surface area contributed by atoms with Gasteiger partial charge in [0.05, 0.1) is 6.10 Å². The second kappa shape index (κ2) is 6.42. The summed E-state index contributed by atoms with van der Waals surface area (Å²) >= 11 is 0. The number of aliphatic hydroxyl groups is 1. The van der Waals surface area contributed by atoms with E-state index in [0.717, 1.165) is 0 Å². The lowest BCUT2D eigenvalue weighted by Crippen LogP contribution is -2.36. The fourth-order valence-corrected chi connectivity index (χ4v) is 1.24. The van der Waals surface area contributed by atoms with Crippen molar-refractivity contribution in [1.82, 2.24) is 5.32 Å². The van der Waals surface area contributed by atoms with E-state index in [1.807, 2.05) is 0 Å². The highest BCUT2D eigenvalue weighted by Gasteiger charge is 2.27. The minimum atomic E-state index is -4.44. The summed E-state index contributed by atoms with van der Waals surface area (Å²) in [6, 6.07) is 6.26. The van der Waals surface area contributed by atoms with Gasteiger partial charge in [-0.2, -0.15) is 13.2 Å². The topological polar surface area (TPSA) is 58.6 Å². The van der Waals surface area contributed by atoms with E-state index >= 15 is 0 Å². The second-order valence-electron chi connectivity index (χ2n) is 3.93. The number of alkyl halides is 3. The van der Waals surface area contributed by atoms with Crippen molar-refractivity contribution in [1.29, 1.82) is 0 Å². The Balaban J connectivity index is 2.38. The Hall–Kier alpha value is -1.76. The van der Waals surface area contributed by atoms with Crippen LogP contribution in [0.1, 0.15) is 18.6 Å². The van der Waals surface area contributed by atoms with Crippen LogP contribution in [0.4, 0.5) is 13.2 Å². The highest BCUT2D eigenvalue weighted by atomic mass is 19.4. The van der Waals surface area contributed by atoms with Crippen LogP contribution in [0.15, 0.2) is 24.3 Å². The average Bonchev–Trinajstić information content (AvgIpc) is 2.33. The number of amides is 1. The lowest BCUT2D eigenvalue weighted by Gasteiger charge is -2.10. The molecule has 1 aromatic carbocycles. The van der Waals surface area contributed by atoms with Crippen LogP contribution < -0.4 is 10.1 Å². The van der Waals surface area contributed by atoms with Crippen molar-refractivity contribution in [3.8, 4) is 5.75 Å². The molecule has 19 heavy (non-hydrogen) atoms. The lowest BCUT2D eigenvalue weighted by molar-refractivity contribution is -0.139. The van der Waals surface area contributed by atoms with Crippen LogP contribution >= 0.6 is 0 Å². The van der Waals surface area contributed by atoms with Gasteiger partial charge in [-0.15, -0.1) is 0 Å². The van der Waals surface area contributed by atoms with E-state index in [0.29, 0.717) is 11.3 Å². The first kappa shape index (κ1) is 15.3. The average molecular weight is 277 g/mol. The number of rotatable bonds is 5. The maximum absolute atomic E-state index is 11.8. The third-order valence-corrected chi connectivity index (χ3v) is 2.22. The van der Waals surface area contributed by atoms with Crippen LogP contribution in [0.3, 0.4) is 0 Å². The first-order valence-corrected chi connectivity index (χ1v) is 5.52. The molecule has 0 aliphatic heterocycles. The summed E-state index contributed by atoms with van der Waals surface area (Å²) < 4.78 is 40.5. The third-order valence-electron chi connectivity index (χ3n) is 2.22. The lowest BCUT2D eigenvalue weighted by atomic mass is 10.1. The highest BCUT2D eigenvalue weighted by molar-refractivity contribution is 5.77. The first-order chi connectivity index (χ1) is 8.78. The molecule has 0 bridgehead atoms. The zero-order chi connectivity index (χ0) is 14.5. The molecule has 1 aromatic rings. The molecule has 0 aromatic heterocycles. The number of nitrogens with one attached hydrogen (secondary N) is 1. The number of hydrogen-bond acceptors (Lipinski definition) is 3. The van der Waals surface area contributed by atoms with E-state index < -0.39 is 31.3 Å². The molecule has 106 valence electrons. The minimum absolute atomic E-state index is 0.339. The largest absolute Gasteiger partial charge is 0.484 e. The van der Waals surface area contributed by atoms with E-state index in [-0.39, 0.29) is 0 Å². The monoisotopic (exact) mass is 277 g/mol. The number of carbonyl (C=O) groups is 1. The minimum Gasteiger partial charge on any atom is -0.484 e. The van der Waals surface area contributed by atoms with Crippen molar-refractivity contribution < 1.29 is 27.8 Å². The van der Waals surface area contributed by atoms with Crippen LogP contribution in [-0.2, 0) is 4.79 Å². The smallest absolute Gasteiger partial charge is 0.405 e. The van der Waals surface area contributed by atoms with Gasteiger partial charge in [0, 0.05) is 0 Å².